The van der Waals surface area contributed by atoms with Gasteiger partial charge in [-0.1, -0.05) is 0 Å². The fourth-order valence-electron chi connectivity index (χ4n) is 1.39. The van der Waals surface area contributed by atoms with Crippen molar-refractivity contribution in [3.05, 3.63) is 24.3 Å². The number of rotatable bonds is 7. The number of hydrogen-bond acceptors (Lipinski definition) is 5. The van der Waals surface area contributed by atoms with Gasteiger partial charge < -0.3 is 20.3 Å². The molecule has 0 aliphatic rings. The minimum absolute atomic E-state index is 0.389. The van der Waals surface area contributed by atoms with E-state index < -0.39 is 23.6 Å². The number of hydrogen-bond donors (Lipinski definition) is 3. The molecule has 0 spiro atoms. The maximum Gasteiger partial charge on any atom is 0.337 e. The van der Waals surface area contributed by atoms with E-state index in [0.717, 1.165) is 11.8 Å². The number of carboxylic acid groups (broad SMARTS) is 1. The average molecular weight is 313 g/mol. The van der Waals surface area contributed by atoms with Crippen molar-refractivity contribution in [2.45, 2.75) is 30.4 Å². The van der Waals surface area contributed by atoms with Crippen LogP contribution >= 0.6 is 11.8 Å². The van der Waals surface area contributed by atoms with Crippen molar-refractivity contribution < 1.29 is 24.5 Å². The Bertz CT molecular complexity index is 501. The highest BCUT2D eigenvalue weighted by atomic mass is 32.2. The summed E-state index contributed by atoms with van der Waals surface area (Å²) in [6, 6.07) is 7.26. The number of amides is 1. The van der Waals surface area contributed by atoms with Crippen LogP contribution in [-0.2, 0) is 9.59 Å². The Morgan fingerprint density at radius 1 is 1.38 bits per heavy atom. The van der Waals surface area contributed by atoms with Gasteiger partial charge in [0, 0.05) is 4.90 Å². The molecule has 1 rings (SSSR count). The first-order chi connectivity index (χ1) is 9.76. The van der Waals surface area contributed by atoms with Crippen LogP contribution in [0.5, 0.6) is 5.75 Å². The van der Waals surface area contributed by atoms with Crippen LogP contribution in [0.3, 0.4) is 0 Å². The number of aliphatic carboxylic acids is 1. The van der Waals surface area contributed by atoms with E-state index in [9.17, 15) is 14.7 Å². The van der Waals surface area contributed by atoms with Gasteiger partial charge in [0.2, 0.25) is 0 Å². The SMILES string of the molecule is CSc1ccc(OC(C)C(=O)NCC(C)(O)C(=O)O)cc1. The summed E-state index contributed by atoms with van der Waals surface area (Å²) in [7, 11) is 0. The summed E-state index contributed by atoms with van der Waals surface area (Å²) in [5.74, 6) is -1.35. The van der Waals surface area contributed by atoms with Crippen molar-refractivity contribution in [2.24, 2.45) is 0 Å². The fraction of sp³-hybridized carbons (Fsp3) is 0.429. The quantitative estimate of drug-likeness (QED) is 0.653. The van der Waals surface area contributed by atoms with Gasteiger partial charge in [0.25, 0.3) is 5.91 Å². The predicted octanol–water partition coefficient (Wildman–Crippen LogP) is 1.13. The third-order valence-electron chi connectivity index (χ3n) is 2.81. The Kier molecular flexibility index (Phi) is 6.04. The number of benzene rings is 1. The van der Waals surface area contributed by atoms with E-state index in [1.54, 1.807) is 30.8 Å². The molecular formula is C14H19NO5S. The molecule has 116 valence electrons. The minimum Gasteiger partial charge on any atom is -0.481 e. The minimum atomic E-state index is -2.00. The van der Waals surface area contributed by atoms with E-state index in [-0.39, 0.29) is 6.54 Å². The molecule has 7 heteroatoms. The standard InChI is InChI=1S/C14H19NO5S/c1-9(12(16)15-8-14(2,19)13(17)18)20-10-4-6-11(21-3)7-5-10/h4-7,9,19H,8H2,1-3H3,(H,15,16)(H,17,18). The zero-order chi connectivity index (χ0) is 16.0. The molecule has 0 radical (unpaired) electrons. The van der Waals surface area contributed by atoms with Crippen LogP contribution in [0, 0.1) is 0 Å². The lowest BCUT2D eigenvalue weighted by atomic mass is 10.1. The number of aliphatic hydroxyl groups is 1. The molecule has 1 aromatic carbocycles. The normalized spacial score (nSPS) is 14.9. The molecule has 2 atom stereocenters. The second kappa shape index (κ2) is 7.33. The second-order valence-electron chi connectivity index (χ2n) is 4.73. The van der Waals surface area contributed by atoms with Crippen molar-refractivity contribution in [3.8, 4) is 5.75 Å². The van der Waals surface area contributed by atoms with E-state index in [0.29, 0.717) is 5.75 Å². The molecule has 0 fully saturated rings. The van der Waals surface area contributed by atoms with Gasteiger partial charge in [-0.3, -0.25) is 4.79 Å². The van der Waals surface area contributed by atoms with Gasteiger partial charge in [0.15, 0.2) is 11.7 Å². The molecule has 0 aliphatic carbocycles. The summed E-state index contributed by atoms with van der Waals surface area (Å²) in [4.78, 5) is 23.6. The van der Waals surface area contributed by atoms with Crippen molar-refractivity contribution in [3.63, 3.8) is 0 Å². The van der Waals surface area contributed by atoms with E-state index in [2.05, 4.69) is 5.32 Å². The van der Waals surface area contributed by atoms with Gasteiger partial charge >= 0.3 is 5.97 Å². The maximum atomic E-state index is 11.8. The van der Waals surface area contributed by atoms with Crippen LogP contribution in [0.15, 0.2) is 29.2 Å². The van der Waals surface area contributed by atoms with Gasteiger partial charge in [-0.05, 0) is 44.4 Å². The van der Waals surface area contributed by atoms with Crippen LogP contribution in [0.4, 0.5) is 0 Å². The van der Waals surface area contributed by atoms with E-state index in [1.165, 1.54) is 0 Å². The number of carbonyl (C=O) groups is 2. The Balaban J connectivity index is 2.52. The second-order valence-corrected chi connectivity index (χ2v) is 5.61. The summed E-state index contributed by atoms with van der Waals surface area (Å²) >= 11 is 1.60. The van der Waals surface area contributed by atoms with E-state index >= 15 is 0 Å². The molecule has 0 saturated carbocycles. The molecule has 0 aliphatic heterocycles. The zero-order valence-corrected chi connectivity index (χ0v) is 12.9. The lowest BCUT2D eigenvalue weighted by Gasteiger charge is -2.20. The fourth-order valence-corrected chi connectivity index (χ4v) is 1.80. The van der Waals surface area contributed by atoms with Crippen molar-refractivity contribution in [2.75, 3.05) is 12.8 Å². The zero-order valence-electron chi connectivity index (χ0n) is 12.1. The van der Waals surface area contributed by atoms with Crippen LogP contribution in [0.25, 0.3) is 0 Å². The molecule has 6 nitrogen and oxygen atoms in total. The van der Waals surface area contributed by atoms with Crippen LogP contribution < -0.4 is 10.1 Å². The molecule has 21 heavy (non-hydrogen) atoms. The van der Waals surface area contributed by atoms with Gasteiger partial charge in [0.05, 0.1) is 6.54 Å². The number of ether oxygens (including phenoxy) is 1. The smallest absolute Gasteiger partial charge is 0.337 e. The summed E-state index contributed by atoms with van der Waals surface area (Å²) in [5.41, 5.74) is -2.00. The molecule has 2 unspecified atom stereocenters. The highest BCUT2D eigenvalue weighted by Gasteiger charge is 2.31. The molecule has 3 N–H and O–H groups in total. The number of thioether (sulfide) groups is 1. The molecule has 0 bridgehead atoms. The largest absolute Gasteiger partial charge is 0.481 e. The number of nitrogens with one attached hydrogen (secondary N) is 1. The van der Waals surface area contributed by atoms with E-state index in [4.69, 9.17) is 9.84 Å². The summed E-state index contributed by atoms with van der Waals surface area (Å²) in [5, 5.41) is 20.6. The molecule has 0 aromatic heterocycles. The first-order valence-corrected chi connectivity index (χ1v) is 7.53. The third-order valence-corrected chi connectivity index (χ3v) is 3.55. The first-order valence-electron chi connectivity index (χ1n) is 6.30. The molecule has 0 heterocycles. The molecule has 0 saturated heterocycles. The highest BCUT2D eigenvalue weighted by Crippen LogP contribution is 2.19. The van der Waals surface area contributed by atoms with E-state index in [1.807, 2.05) is 18.4 Å². The average Bonchev–Trinajstić information content (AvgIpc) is 2.45. The van der Waals surface area contributed by atoms with Crippen LogP contribution in [0.2, 0.25) is 0 Å². The predicted molar refractivity (Wildman–Crippen MR) is 79.6 cm³/mol. The number of carboxylic acids is 1. The number of carbonyl (C=O) groups excluding carboxylic acids is 1. The van der Waals surface area contributed by atoms with Crippen LogP contribution in [0.1, 0.15) is 13.8 Å². The highest BCUT2D eigenvalue weighted by molar-refractivity contribution is 7.98. The molecule has 1 amide bonds. The molecular weight excluding hydrogens is 294 g/mol. The van der Waals surface area contributed by atoms with Crippen molar-refractivity contribution in [1.29, 1.82) is 0 Å². The van der Waals surface area contributed by atoms with Gasteiger partial charge in [-0.25, -0.2) is 4.79 Å². The van der Waals surface area contributed by atoms with Gasteiger partial charge in [-0.2, -0.15) is 0 Å². The van der Waals surface area contributed by atoms with Crippen LogP contribution in [-0.4, -0.2) is 46.6 Å². The maximum absolute atomic E-state index is 11.8. The Morgan fingerprint density at radius 3 is 2.43 bits per heavy atom. The molecule has 1 aromatic rings. The monoisotopic (exact) mass is 313 g/mol. The van der Waals surface area contributed by atoms with Gasteiger partial charge in [0.1, 0.15) is 5.75 Å². The Hall–Kier alpha value is -1.73. The summed E-state index contributed by atoms with van der Waals surface area (Å²) < 4.78 is 5.45. The Labute approximate surface area is 127 Å². The lowest BCUT2D eigenvalue weighted by Crippen LogP contribution is -2.49. The first kappa shape index (κ1) is 17.3. The third kappa shape index (κ3) is 5.28. The van der Waals surface area contributed by atoms with Crippen molar-refractivity contribution in [1.82, 2.24) is 5.32 Å². The van der Waals surface area contributed by atoms with Gasteiger partial charge in [-0.15, -0.1) is 11.8 Å². The Morgan fingerprint density at radius 2 is 1.95 bits per heavy atom. The lowest BCUT2D eigenvalue weighted by molar-refractivity contribution is -0.156. The van der Waals surface area contributed by atoms with Crippen molar-refractivity contribution >= 4 is 23.6 Å². The topological polar surface area (TPSA) is 95.9 Å². The summed E-state index contributed by atoms with van der Waals surface area (Å²) in [6.07, 6.45) is 1.16. The summed E-state index contributed by atoms with van der Waals surface area (Å²) in [6.45, 7) is 2.27.